The van der Waals surface area contributed by atoms with Gasteiger partial charge in [0.1, 0.15) is 0 Å². The summed E-state index contributed by atoms with van der Waals surface area (Å²) in [4.78, 5) is 28.8. The molecule has 3 rings (SSSR count). The van der Waals surface area contributed by atoms with Crippen molar-refractivity contribution in [3.8, 4) is 0 Å². The van der Waals surface area contributed by atoms with Crippen LogP contribution in [0.4, 0.5) is 0 Å². The van der Waals surface area contributed by atoms with E-state index in [0.29, 0.717) is 19.5 Å². The summed E-state index contributed by atoms with van der Waals surface area (Å²) in [5, 5.41) is 1.10. The summed E-state index contributed by atoms with van der Waals surface area (Å²) in [5.41, 5.74) is 2.09. The van der Waals surface area contributed by atoms with Crippen LogP contribution in [0.25, 0.3) is 10.9 Å². The number of para-hydroxylation sites is 1. The minimum atomic E-state index is -0.340. The lowest BCUT2D eigenvalue weighted by Gasteiger charge is -2.14. The molecule has 1 aliphatic rings. The molecule has 4 heteroatoms. The van der Waals surface area contributed by atoms with Gasteiger partial charge in [-0.25, -0.2) is 0 Å². The van der Waals surface area contributed by atoms with Crippen molar-refractivity contribution in [2.75, 3.05) is 13.1 Å². The second-order valence-corrected chi connectivity index (χ2v) is 4.71. The van der Waals surface area contributed by atoms with Crippen molar-refractivity contribution in [2.24, 2.45) is 0 Å². The van der Waals surface area contributed by atoms with Gasteiger partial charge in [0.25, 0.3) is 5.91 Å². The number of pyridine rings is 1. The highest BCUT2D eigenvalue weighted by Gasteiger charge is 2.28. The number of ketones is 1. The zero-order chi connectivity index (χ0) is 13.2. The second-order valence-electron chi connectivity index (χ2n) is 4.71. The SMILES string of the molecule is O=C1CCN(CCc2cccc3cccnc23)C1=O. The second kappa shape index (κ2) is 4.80. The first kappa shape index (κ1) is 11.8. The lowest BCUT2D eigenvalue weighted by Crippen LogP contribution is -2.29. The van der Waals surface area contributed by atoms with E-state index in [-0.39, 0.29) is 11.7 Å². The van der Waals surface area contributed by atoms with Crippen LogP contribution < -0.4 is 0 Å². The Morgan fingerprint density at radius 3 is 2.79 bits per heavy atom. The molecule has 1 amide bonds. The zero-order valence-electron chi connectivity index (χ0n) is 10.5. The van der Waals surface area contributed by atoms with Crippen LogP contribution in [0.15, 0.2) is 36.5 Å². The topological polar surface area (TPSA) is 50.3 Å². The van der Waals surface area contributed by atoms with Crippen LogP contribution >= 0.6 is 0 Å². The Balaban J connectivity index is 1.79. The molecule has 2 heterocycles. The van der Waals surface area contributed by atoms with Gasteiger partial charge in [0.2, 0.25) is 5.78 Å². The summed E-state index contributed by atoms with van der Waals surface area (Å²) in [6.07, 6.45) is 2.86. The van der Waals surface area contributed by atoms with Crippen molar-refractivity contribution in [3.63, 3.8) is 0 Å². The van der Waals surface area contributed by atoms with Crippen LogP contribution in [0.3, 0.4) is 0 Å². The van der Waals surface area contributed by atoms with E-state index in [1.807, 2.05) is 30.3 Å². The number of hydrogen-bond acceptors (Lipinski definition) is 3. The number of likely N-dealkylation sites (tertiary alicyclic amines) is 1. The van der Waals surface area contributed by atoms with Gasteiger partial charge in [0.05, 0.1) is 5.52 Å². The van der Waals surface area contributed by atoms with Crippen molar-refractivity contribution < 1.29 is 9.59 Å². The molecule has 0 aliphatic carbocycles. The number of nitrogens with zero attached hydrogens (tertiary/aromatic N) is 2. The molecule has 96 valence electrons. The Morgan fingerprint density at radius 1 is 1.16 bits per heavy atom. The largest absolute Gasteiger partial charge is 0.335 e. The Bertz CT molecular complexity index is 646. The summed E-state index contributed by atoms with van der Waals surface area (Å²) < 4.78 is 0. The minimum Gasteiger partial charge on any atom is -0.335 e. The number of hydrogen-bond donors (Lipinski definition) is 0. The highest BCUT2D eigenvalue weighted by atomic mass is 16.2. The molecule has 0 spiro atoms. The zero-order valence-corrected chi connectivity index (χ0v) is 10.5. The molecule has 1 saturated heterocycles. The molecule has 19 heavy (non-hydrogen) atoms. The van der Waals surface area contributed by atoms with Crippen LogP contribution in [-0.2, 0) is 16.0 Å². The molecule has 2 aromatic rings. The van der Waals surface area contributed by atoms with E-state index < -0.39 is 0 Å². The van der Waals surface area contributed by atoms with Crippen LogP contribution in [0, 0.1) is 0 Å². The molecular formula is C15H14N2O2. The fraction of sp³-hybridized carbons (Fsp3) is 0.267. The quantitative estimate of drug-likeness (QED) is 0.781. The summed E-state index contributed by atoms with van der Waals surface area (Å²) in [5.74, 6) is -0.607. The fourth-order valence-corrected chi connectivity index (χ4v) is 2.46. The molecule has 1 aliphatic heterocycles. The number of fused-ring (bicyclic) bond motifs is 1. The van der Waals surface area contributed by atoms with E-state index in [1.165, 1.54) is 0 Å². The van der Waals surface area contributed by atoms with Crippen LogP contribution in [0.5, 0.6) is 0 Å². The number of amides is 1. The number of aromatic nitrogens is 1. The van der Waals surface area contributed by atoms with E-state index in [1.54, 1.807) is 11.1 Å². The van der Waals surface area contributed by atoms with Gasteiger partial charge in [-0.3, -0.25) is 14.6 Å². The Hall–Kier alpha value is -2.23. The van der Waals surface area contributed by atoms with Crippen LogP contribution in [-0.4, -0.2) is 34.7 Å². The first-order valence-corrected chi connectivity index (χ1v) is 6.40. The summed E-state index contributed by atoms with van der Waals surface area (Å²) >= 11 is 0. The molecule has 0 bridgehead atoms. The number of carbonyl (C=O) groups is 2. The van der Waals surface area contributed by atoms with Gasteiger partial charge in [-0.15, -0.1) is 0 Å². The highest BCUT2D eigenvalue weighted by Crippen LogP contribution is 2.17. The molecule has 4 nitrogen and oxygen atoms in total. The normalized spacial score (nSPS) is 15.5. The van der Waals surface area contributed by atoms with Crippen molar-refractivity contribution in [1.29, 1.82) is 0 Å². The smallest absolute Gasteiger partial charge is 0.290 e. The van der Waals surface area contributed by atoms with Crippen molar-refractivity contribution in [1.82, 2.24) is 9.88 Å². The lowest BCUT2D eigenvalue weighted by atomic mass is 10.1. The Kier molecular flexibility index (Phi) is 2.99. The maximum Gasteiger partial charge on any atom is 0.290 e. The Morgan fingerprint density at radius 2 is 2.00 bits per heavy atom. The van der Waals surface area contributed by atoms with Gasteiger partial charge < -0.3 is 4.90 Å². The minimum absolute atomic E-state index is 0.268. The number of carbonyl (C=O) groups excluding carboxylic acids is 2. The molecule has 1 aromatic heterocycles. The average molecular weight is 254 g/mol. The lowest BCUT2D eigenvalue weighted by molar-refractivity contribution is -0.139. The standard InChI is InChI=1S/C15H14N2O2/c18-13-7-10-17(15(13)19)9-6-12-4-1-3-11-5-2-8-16-14(11)12/h1-5,8H,6-7,9-10H2. The van der Waals surface area contributed by atoms with Gasteiger partial charge in [-0.1, -0.05) is 24.3 Å². The van der Waals surface area contributed by atoms with E-state index >= 15 is 0 Å². The molecule has 1 fully saturated rings. The predicted molar refractivity (Wildman–Crippen MR) is 71.7 cm³/mol. The fourth-order valence-electron chi connectivity index (χ4n) is 2.46. The summed E-state index contributed by atoms with van der Waals surface area (Å²) in [6, 6.07) is 9.98. The van der Waals surface area contributed by atoms with Crippen molar-refractivity contribution in [3.05, 3.63) is 42.1 Å². The van der Waals surface area contributed by atoms with E-state index in [4.69, 9.17) is 0 Å². The maximum absolute atomic E-state index is 11.6. The molecule has 1 aromatic carbocycles. The molecular weight excluding hydrogens is 240 g/mol. The van der Waals surface area contributed by atoms with Crippen LogP contribution in [0.1, 0.15) is 12.0 Å². The van der Waals surface area contributed by atoms with Gasteiger partial charge in [-0.2, -0.15) is 0 Å². The number of Topliss-reactive ketones (excluding diaryl/α,β-unsaturated/α-hetero) is 1. The summed E-state index contributed by atoms with van der Waals surface area (Å²) in [7, 11) is 0. The van der Waals surface area contributed by atoms with Gasteiger partial charge in [-0.05, 0) is 18.1 Å². The van der Waals surface area contributed by atoms with Gasteiger partial charge in [0.15, 0.2) is 0 Å². The Labute approximate surface area is 111 Å². The first-order chi connectivity index (χ1) is 9.25. The predicted octanol–water partition coefficient (Wildman–Crippen LogP) is 1.58. The third kappa shape index (κ3) is 2.21. The van der Waals surface area contributed by atoms with Crippen molar-refractivity contribution in [2.45, 2.75) is 12.8 Å². The van der Waals surface area contributed by atoms with Gasteiger partial charge >= 0.3 is 0 Å². The monoisotopic (exact) mass is 254 g/mol. The molecule has 0 unspecified atom stereocenters. The van der Waals surface area contributed by atoms with E-state index in [9.17, 15) is 9.59 Å². The number of rotatable bonds is 3. The molecule has 0 radical (unpaired) electrons. The first-order valence-electron chi connectivity index (χ1n) is 6.40. The number of benzene rings is 1. The van der Waals surface area contributed by atoms with Crippen molar-refractivity contribution >= 4 is 22.6 Å². The maximum atomic E-state index is 11.6. The molecule has 0 atom stereocenters. The summed E-state index contributed by atoms with van der Waals surface area (Å²) in [6.45, 7) is 1.14. The molecule has 0 N–H and O–H groups in total. The van der Waals surface area contributed by atoms with Crippen LogP contribution in [0.2, 0.25) is 0 Å². The average Bonchev–Trinajstić information content (AvgIpc) is 2.76. The third-order valence-electron chi connectivity index (χ3n) is 3.50. The van der Waals surface area contributed by atoms with E-state index in [2.05, 4.69) is 4.98 Å². The third-order valence-corrected chi connectivity index (χ3v) is 3.50. The highest BCUT2D eigenvalue weighted by molar-refractivity contribution is 6.37. The molecule has 0 saturated carbocycles. The van der Waals surface area contributed by atoms with Gasteiger partial charge in [0, 0.05) is 31.1 Å². The van der Waals surface area contributed by atoms with E-state index in [0.717, 1.165) is 22.9 Å².